The Bertz CT molecular complexity index is 597. The lowest BCUT2D eigenvalue weighted by molar-refractivity contribution is -0.138. The molecule has 0 bridgehead atoms. The zero-order valence-corrected chi connectivity index (χ0v) is 14.8. The highest BCUT2D eigenvalue weighted by Gasteiger charge is 2.29. The molecule has 136 valence electrons. The summed E-state index contributed by atoms with van der Waals surface area (Å²) in [5.74, 6) is 0.742. The zero-order chi connectivity index (χ0) is 17.6. The van der Waals surface area contributed by atoms with Gasteiger partial charge in [0.25, 0.3) is 0 Å². The van der Waals surface area contributed by atoms with Crippen molar-refractivity contribution < 1.29 is 19.1 Å². The second kappa shape index (κ2) is 8.45. The molecule has 1 atom stereocenters. The molecule has 0 saturated carbocycles. The molecular weight excluding hydrogens is 320 g/mol. The van der Waals surface area contributed by atoms with Crippen molar-refractivity contribution in [2.24, 2.45) is 0 Å². The van der Waals surface area contributed by atoms with Crippen molar-refractivity contribution in [3.8, 4) is 5.75 Å². The quantitative estimate of drug-likeness (QED) is 0.672. The van der Waals surface area contributed by atoms with Gasteiger partial charge in [0.05, 0.1) is 13.2 Å². The highest BCUT2D eigenvalue weighted by atomic mass is 16.5. The minimum absolute atomic E-state index is 0.0561. The van der Waals surface area contributed by atoms with Gasteiger partial charge in [0.1, 0.15) is 5.75 Å². The number of rotatable bonds is 8. The van der Waals surface area contributed by atoms with Crippen LogP contribution in [-0.2, 0) is 20.9 Å². The van der Waals surface area contributed by atoms with Crippen molar-refractivity contribution in [3.05, 3.63) is 29.8 Å². The van der Waals surface area contributed by atoms with Gasteiger partial charge in [0.2, 0.25) is 11.8 Å². The van der Waals surface area contributed by atoms with E-state index in [1.807, 2.05) is 24.3 Å². The number of likely N-dealkylation sites (tertiary alicyclic amines) is 1. The number of carbonyl (C=O) groups excluding carboxylic acids is 2. The van der Waals surface area contributed by atoms with E-state index in [9.17, 15) is 9.59 Å². The lowest BCUT2D eigenvalue weighted by Crippen LogP contribution is -2.40. The summed E-state index contributed by atoms with van der Waals surface area (Å²) in [5.41, 5.74) is 1.10. The first kappa shape index (κ1) is 17.9. The van der Waals surface area contributed by atoms with Crippen LogP contribution < -0.4 is 4.74 Å². The van der Waals surface area contributed by atoms with Gasteiger partial charge < -0.3 is 9.47 Å². The molecular formula is C19H26N2O4. The van der Waals surface area contributed by atoms with E-state index in [1.165, 1.54) is 4.90 Å². The predicted octanol–water partition coefficient (Wildman–Crippen LogP) is 1.83. The van der Waals surface area contributed by atoms with E-state index in [0.29, 0.717) is 32.5 Å². The fraction of sp³-hybridized carbons (Fsp3) is 0.579. The maximum atomic E-state index is 11.8. The second-order valence-electron chi connectivity index (χ2n) is 6.62. The number of carbonyl (C=O) groups is 2. The first-order valence-electron chi connectivity index (χ1n) is 8.96. The van der Waals surface area contributed by atoms with Crippen LogP contribution >= 0.6 is 0 Å². The fourth-order valence-corrected chi connectivity index (χ4v) is 3.50. The number of hydrogen-bond donors (Lipinski definition) is 0. The number of ether oxygens (including phenoxy) is 2. The van der Waals surface area contributed by atoms with Gasteiger partial charge in [-0.25, -0.2) is 0 Å². The van der Waals surface area contributed by atoms with E-state index in [4.69, 9.17) is 9.47 Å². The van der Waals surface area contributed by atoms with E-state index in [2.05, 4.69) is 4.90 Å². The van der Waals surface area contributed by atoms with Crippen LogP contribution in [0.5, 0.6) is 5.75 Å². The van der Waals surface area contributed by atoms with E-state index >= 15 is 0 Å². The van der Waals surface area contributed by atoms with Gasteiger partial charge in [-0.15, -0.1) is 0 Å². The monoisotopic (exact) mass is 346 g/mol. The summed E-state index contributed by atoms with van der Waals surface area (Å²) >= 11 is 0. The molecule has 25 heavy (non-hydrogen) atoms. The molecule has 2 aliphatic rings. The summed E-state index contributed by atoms with van der Waals surface area (Å²) in [6, 6.07) is 7.95. The maximum absolute atomic E-state index is 11.8. The number of benzene rings is 1. The molecule has 1 aromatic rings. The molecule has 2 fully saturated rings. The maximum Gasteiger partial charge on any atom is 0.229 e. The van der Waals surface area contributed by atoms with E-state index < -0.39 is 0 Å². The lowest BCUT2D eigenvalue weighted by Gasteiger charge is -2.27. The molecule has 1 aromatic carbocycles. The SMILES string of the molecule is COc1ccccc1CN(CCN1C(=O)CCC1=O)C[C@H]1CCCO1. The fourth-order valence-electron chi connectivity index (χ4n) is 3.50. The summed E-state index contributed by atoms with van der Waals surface area (Å²) in [6.45, 7) is 3.42. The molecule has 6 nitrogen and oxygen atoms in total. The highest BCUT2D eigenvalue weighted by molar-refractivity contribution is 6.01. The summed E-state index contributed by atoms with van der Waals surface area (Å²) in [5, 5.41) is 0. The zero-order valence-electron chi connectivity index (χ0n) is 14.8. The third kappa shape index (κ3) is 4.58. The van der Waals surface area contributed by atoms with Crippen LogP contribution in [0.4, 0.5) is 0 Å². The molecule has 2 saturated heterocycles. The van der Waals surface area contributed by atoms with Crippen molar-refractivity contribution in [2.45, 2.75) is 38.3 Å². The van der Waals surface area contributed by atoms with E-state index in [1.54, 1.807) is 7.11 Å². The summed E-state index contributed by atoms with van der Waals surface area (Å²) in [7, 11) is 1.67. The van der Waals surface area contributed by atoms with Crippen molar-refractivity contribution in [3.63, 3.8) is 0 Å². The van der Waals surface area contributed by atoms with Gasteiger partial charge in [-0.3, -0.25) is 19.4 Å². The van der Waals surface area contributed by atoms with Gasteiger partial charge >= 0.3 is 0 Å². The largest absolute Gasteiger partial charge is 0.496 e. The molecule has 0 aromatic heterocycles. The van der Waals surface area contributed by atoms with Crippen molar-refractivity contribution in [1.82, 2.24) is 9.80 Å². The van der Waals surface area contributed by atoms with Gasteiger partial charge in [-0.1, -0.05) is 18.2 Å². The van der Waals surface area contributed by atoms with Gasteiger partial charge in [0.15, 0.2) is 0 Å². The Morgan fingerprint density at radius 3 is 2.68 bits per heavy atom. The summed E-state index contributed by atoms with van der Waals surface area (Å²) < 4.78 is 11.2. The Hall–Kier alpha value is -1.92. The summed E-state index contributed by atoms with van der Waals surface area (Å²) in [6.07, 6.45) is 3.06. The normalized spacial score (nSPS) is 20.7. The second-order valence-corrected chi connectivity index (χ2v) is 6.62. The molecule has 0 unspecified atom stereocenters. The first-order valence-corrected chi connectivity index (χ1v) is 8.96. The van der Waals surface area contributed by atoms with Crippen LogP contribution in [0.2, 0.25) is 0 Å². The lowest BCUT2D eigenvalue weighted by atomic mass is 10.1. The van der Waals surface area contributed by atoms with Crippen LogP contribution in [0.3, 0.4) is 0 Å². The van der Waals surface area contributed by atoms with Crippen LogP contribution in [0.25, 0.3) is 0 Å². The number of methoxy groups -OCH3 is 1. The number of hydrogen-bond acceptors (Lipinski definition) is 5. The Morgan fingerprint density at radius 1 is 1.24 bits per heavy atom. The summed E-state index contributed by atoms with van der Waals surface area (Å²) in [4.78, 5) is 27.3. The Kier molecular flexibility index (Phi) is 6.04. The molecule has 0 N–H and O–H groups in total. The minimum atomic E-state index is -0.0561. The van der Waals surface area contributed by atoms with Gasteiger partial charge in [-0.2, -0.15) is 0 Å². The molecule has 0 radical (unpaired) electrons. The van der Waals surface area contributed by atoms with Crippen molar-refractivity contribution in [1.29, 1.82) is 0 Å². The third-order valence-electron chi connectivity index (χ3n) is 4.87. The Balaban J connectivity index is 1.65. The topological polar surface area (TPSA) is 59.1 Å². The van der Waals surface area contributed by atoms with E-state index in [-0.39, 0.29) is 17.9 Å². The number of nitrogens with zero attached hydrogens (tertiary/aromatic N) is 2. The average Bonchev–Trinajstić information content (AvgIpc) is 3.24. The Morgan fingerprint density at radius 2 is 2.00 bits per heavy atom. The standard InChI is InChI=1S/C19H26N2O4/c1-24-17-7-3-2-5-15(17)13-20(14-16-6-4-12-25-16)10-11-21-18(22)8-9-19(21)23/h2-3,5,7,16H,4,6,8-14H2,1H3/t16-/m1/s1. The smallest absolute Gasteiger partial charge is 0.229 e. The molecule has 3 rings (SSSR count). The molecule has 0 spiro atoms. The predicted molar refractivity (Wildman–Crippen MR) is 93.2 cm³/mol. The molecule has 0 aliphatic carbocycles. The van der Waals surface area contributed by atoms with Crippen LogP contribution in [0.15, 0.2) is 24.3 Å². The average molecular weight is 346 g/mol. The minimum Gasteiger partial charge on any atom is -0.496 e. The van der Waals surface area contributed by atoms with Crippen LogP contribution in [0, 0.1) is 0 Å². The van der Waals surface area contributed by atoms with Gasteiger partial charge in [0, 0.05) is 51.2 Å². The number of imide groups is 1. The Labute approximate surface area is 148 Å². The number of para-hydroxylation sites is 1. The number of amides is 2. The molecule has 2 aliphatic heterocycles. The first-order chi connectivity index (χ1) is 12.2. The van der Waals surface area contributed by atoms with Crippen molar-refractivity contribution >= 4 is 11.8 Å². The molecule has 2 heterocycles. The van der Waals surface area contributed by atoms with Crippen LogP contribution in [0.1, 0.15) is 31.2 Å². The third-order valence-corrected chi connectivity index (χ3v) is 4.87. The molecule has 2 amide bonds. The van der Waals surface area contributed by atoms with Crippen LogP contribution in [-0.4, -0.2) is 61.1 Å². The van der Waals surface area contributed by atoms with E-state index in [0.717, 1.165) is 37.3 Å². The van der Waals surface area contributed by atoms with Gasteiger partial charge in [-0.05, 0) is 18.9 Å². The molecule has 6 heteroatoms. The van der Waals surface area contributed by atoms with Crippen molar-refractivity contribution in [2.75, 3.05) is 33.4 Å². The highest BCUT2D eigenvalue weighted by Crippen LogP contribution is 2.21.